The molecular formula is C19H22O. The van der Waals surface area contributed by atoms with Gasteiger partial charge in [0, 0.05) is 0 Å². The first-order valence-electron chi connectivity index (χ1n) is 7.41. The first kappa shape index (κ1) is 14.5. The highest BCUT2D eigenvalue weighted by Gasteiger charge is 2.04. The van der Waals surface area contributed by atoms with E-state index in [9.17, 15) is 4.79 Å². The number of carbonyl (C=O) groups excluding carboxylic acids is 1. The Morgan fingerprint density at radius 3 is 2.50 bits per heavy atom. The molecule has 104 valence electrons. The Hall–Kier alpha value is -1.89. The number of hydrogen-bond acceptors (Lipinski definition) is 1. The fourth-order valence-corrected chi connectivity index (χ4v) is 2.41. The molecule has 0 spiro atoms. The molecule has 0 saturated heterocycles. The molecular weight excluding hydrogens is 244 g/mol. The molecule has 0 atom stereocenters. The van der Waals surface area contributed by atoms with Gasteiger partial charge in [-0.05, 0) is 53.8 Å². The van der Waals surface area contributed by atoms with E-state index in [1.165, 1.54) is 23.6 Å². The number of unbranched alkanes of at least 4 members (excludes halogenated alkanes) is 2. The highest BCUT2D eigenvalue weighted by molar-refractivity contribution is 5.98. The van der Waals surface area contributed by atoms with Gasteiger partial charge >= 0.3 is 0 Å². The summed E-state index contributed by atoms with van der Waals surface area (Å²) in [6.07, 6.45) is 6.39. The van der Waals surface area contributed by atoms with Crippen molar-refractivity contribution in [3.8, 4) is 0 Å². The SMILES string of the molecule is CCCCCC(=Cc1ccc2ccccc2c1)C(C)=O. The third-order valence-electron chi connectivity index (χ3n) is 3.62. The van der Waals surface area contributed by atoms with Crippen molar-refractivity contribution in [3.05, 3.63) is 53.6 Å². The zero-order valence-electron chi connectivity index (χ0n) is 12.4. The number of Topliss-reactive ketones (excluding diaryl/α,β-unsaturated/α-hetero) is 1. The molecule has 2 rings (SSSR count). The molecule has 1 heteroatoms. The van der Waals surface area contributed by atoms with Gasteiger partial charge in [0.2, 0.25) is 0 Å². The van der Waals surface area contributed by atoms with E-state index in [1.807, 2.05) is 18.2 Å². The summed E-state index contributed by atoms with van der Waals surface area (Å²) in [5.74, 6) is 0.189. The third-order valence-corrected chi connectivity index (χ3v) is 3.62. The largest absolute Gasteiger partial charge is 0.295 e. The van der Waals surface area contributed by atoms with Gasteiger partial charge in [0.25, 0.3) is 0 Å². The summed E-state index contributed by atoms with van der Waals surface area (Å²) in [6.45, 7) is 3.85. The molecule has 2 aromatic rings. The molecule has 0 saturated carbocycles. The minimum atomic E-state index is 0.189. The highest BCUT2D eigenvalue weighted by atomic mass is 16.1. The molecule has 0 radical (unpaired) electrons. The minimum absolute atomic E-state index is 0.189. The predicted octanol–water partition coefficient (Wildman–Crippen LogP) is 5.39. The maximum Gasteiger partial charge on any atom is 0.155 e. The van der Waals surface area contributed by atoms with Crippen molar-refractivity contribution in [3.63, 3.8) is 0 Å². The summed E-state index contributed by atoms with van der Waals surface area (Å²) >= 11 is 0. The topological polar surface area (TPSA) is 17.1 Å². The number of hydrogen-bond donors (Lipinski definition) is 0. The van der Waals surface area contributed by atoms with Crippen LogP contribution in [-0.2, 0) is 4.79 Å². The summed E-state index contributed by atoms with van der Waals surface area (Å²) in [7, 11) is 0. The van der Waals surface area contributed by atoms with Crippen molar-refractivity contribution in [2.75, 3.05) is 0 Å². The van der Waals surface area contributed by atoms with Crippen molar-refractivity contribution in [1.29, 1.82) is 0 Å². The number of rotatable bonds is 6. The Morgan fingerprint density at radius 2 is 1.80 bits per heavy atom. The van der Waals surface area contributed by atoms with E-state index in [4.69, 9.17) is 0 Å². The van der Waals surface area contributed by atoms with E-state index >= 15 is 0 Å². The van der Waals surface area contributed by atoms with Crippen LogP contribution < -0.4 is 0 Å². The van der Waals surface area contributed by atoms with Crippen molar-refractivity contribution in [2.24, 2.45) is 0 Å². The maximum atomic E-state index is 11.7. The lowest BCUT2D eigenvalue weighted by atomic mass is 10.00. The summed E-state index contributed by atoms with van der Waals surface area (Å²) in [6, 6.07) is 14.7. The van der Waals surface area contributed by atoms with Crippen LogP contribution in [0.2, 0.25) is 0 Å². The van der Waals surface area contributed by atoms with Gasteiger partial charge in [0.1, 0.15) is 0 Å². The van der Waals surface area contributed by atoms with E-state index in [0.29, 0.717) is 0 Å². The third kappa shape index (κ3) is 3.80. The Kier molecular flexibility index (Phi) is 5.11. The normalized spacial score (nSPS) is 11.8. The van der Waals surface area contributed by atoms with Crippen LogP contribution in [0, 0.1) is 0 Å². The molecule has 2 aromatic carbocycles. The van der Waals surface area contributed by atoms with Gasteiger partial charge in [-0.1, -0.05) is 56.2 Å². The van der Waals surface area contributed by atoms with Crippen molar-refractivity contribution >= 4 is 22.6 Å². The van der Waals surface area contributed by atoms with E-state index < -0.39 is 0 Å². The van der Waals surface area contributed by atoms with Crippen LogP contribution in [0.25, 0.3) is 16.8 Å². The lowest BCUT2D eigenvalue weighted by Gasteiger charge is -2.05. The van der Waals surface area contributed by atoms with Crippen molar-refractivity contribution in [2.45, 2.75) is 39.5 Å². The number of benzene rings is 2. The molecule has 0 amide bonds. The molecule has 0 unspecified atom stereocenters. The number of allylic oxidation sites excluding steroid dienone is 1. The van der Waals surface area contributed by atoms with Crippen molar-refractivity contribution < 1.29 is 4.79 Å². The second-order valence-corrected chi connectivity index (χ2v) is 5.29. The van der Waals surface area contributed by atoms with Gasteiger partial charge in [-0.3, -0.25) is 4.79 Å². The number of ketones is 1. The summed E-state index contributed by atoms with van der Waals surface area (Å²) in [5, 5.41) is 2.46. The van der Waals surface area contributed by atoms with Gasteiger partial charge < -0.3 is 0 Å². The summed E-state index contributed by atoms with van der Waals surface area (Å²) in [4.78, 5) is 11.7. The van der Waals surface area contributed by atoms with E-state index in [1.54, 1.807) is 6.92 Å². The standard InChI is InChI=1S/C19H22O/c1-3-4-5-9-18(15(2)20)13-16-11-12-17-8-6-7-10-19(17)14-16/h6-8,10-14H,3-5,9H2,1-2H3. The maximum absolute atomic E-state index is 11.7. The second-order valence-electron chi connectivity index (χ2n) is 5.29. The first-order chi connectivity index (χ1) is 9.70. The Bertz CT molecular complexity index is 622. The molecule has 1 nitrogen and oxygen atoms in total. The predicted molar refractivity (Wildman–Crippen MR) is 86.7 cm³/mol. The van der Waals surface area contributed by atoms with Gasteiger partial charge in [0.05, 0.1) is 0 Å². The Labute approximate surface area is 121 Å². The molecule has 0 fully saturated rings. The Balaban J connectivity index is 2.25. The van der Waals surface area contributed by atoms with Crippen LogP contribution in [0.5, 0.6) is 0 Å². The zero-order chi connectivity index (χ0) is 14.4. The average Bonchev–Trinajstić information content (AvgIpc) is 2.46. The molecule has 0 bridgehead atoms. The fourth-order valence-electron chi connectivity index (χ4n) is 2.41. The average molecular weight is 266 g/mol. The van der Waals surface area contributed by atoms with E-state index in [0.717, 1.165) is 24.0 Å². The van der Waals surface area contributed by atoms with Crippen LogP contribution >= 0.6 is 0 Å². The van der Waals surface area contributed by atoms with Gasteiger partial charge in [0.15, 0.2) is 5.78 Å². The van der Waals surface area contributed by atoms with Gasteiger partial charge in [-0.25, -0.2) is 0 Å². The molecule has 20 heavy (non-hydrogen) atoms. The monoisotopic (exact) mass is 266 g/mol. The summed E-state index contributed by atoms with van der Waals surface area (Å²) < 4.78 is 0. The molecule has 0 N–H and O–H groups in total. The number of carbonyl (C=O) groups is 1. The van der Waals surface area contributed by atoms with Gasteiger partial charge in [-0.2, -0.15) is 0 Å². The minimum Gasteiger partial charge on any atom is -0.295 e. The van der Waals surface area contributed by atoms with E-state index in [2.05, 4.69) is 37.3 Å². The van der Waals surface area contributed by atoms with Crippen LogP contribution in [0.1, 0.15) is 45.1 Å². The van der Waals surface area contributed by atoms with Crippen LogP contribution in [0.4, 0.5) is 0 Å². The summed E-state index contributed by atoms with van der Waals surface area (Å²) in [5.41, 5.74) is 2.05. The molecule has 0 heterocycles. The van der Waals surface area contributed by atoms with Crippen LogP contribution in [-0.4, -0.2) is 5.78 Å². The fraction of sp³-hybridized carbons (Fsp3) is 0.316. The van der Waals surface area contributed by atoms with Crippen LogP contribution in [0.15, 0.2) is 48.0 Å². The molecule has 0 aliphatic carbocycles. The quantitative estimate of drug-likeness (QED) is 0.506. The van der Waals surface area contributed by atoms with Gasteiger partial charge in [-0.15, -0.1) is 0 Å². The van der Waals surface area contributed by atoms with Crippen LogP contribution in [0.3, 0.4) is 0 Å². The number of fused-ring (bicyclic) bond motifs is 1. The molecule has 0 aromatic heterocycles. The molecule has 0 aliphatic heterocycles. The van der Waals surface area contributed by atoms with E-state index in [-0.39, 0.29) is 5.78 Å². The lowest BCUT2D eigenvalue weighted by Crippen LogP contribution is -1.96. The molecule has 0 aliphatic rings. The zero-order valence-corrected chi connectivity index (χ0v) is 12.4. The highest BCUT2D eigenvalue weighted by Crippen LogP contribution is 2.19. The first-order valence-corrected chi connectivity index (χ1v) is 7.41. The lowest BCUT2D eigenvalue weighted by molar-refractivity contribution is -0.113. The van der Waals surface area contributed by atoms with Crippen molar-refractivity contribution in [1.82, 2.24) is 0 Å². The smallest absolute Gasteiger partial charge is 0.155 e. The Morgan fingerprint density at radius 1 is 1.05 bits per heavy atom. The second kappa shape index (κ2) is 7.04.